The smallest absolute Gasteiger partial charge is 0.338 e. The first-order chi connectivity index (χ1) is 16.4. The first-order valence-electron chi connectivity index (χ1n) is 11.6. The van der Waals surface area contributed by atoms with Crippen LogP contribution in [0.1, 0.15) is 31.1 Å². The molecular formula is C28H32O4SSi. The molecule has 4 nitrogen and oxygen atoms in total. The molecule has 2 atom stereocenters. The van der Waals surface area contributed by atoms with E-state index in [2.05, 4.69) is 69.3 Å². The maximum Gasteiger partial charge on any atom is 0.338 e. The van der Waals surface area contributed by atoms with E-state index in [1.807, 2.05) is 30.3 Å². The minimum absolute atomic E-state index is 0.0490. The fraction of sp³-hybridized carbons (Fsp3) is 0.321. The Morgan fingerprint density at radius 1 is 0.882 bits per heavy atom. The van der Waals surface area contributed by atoms with E-state index in [9.17, 15) is 4.79 Å². The van der Waals surface area contributed by atoms with Crippen LogP contribution in [0.2, 0.25) is 5.04 Å². The van der Waals surface area contributed by atoms with Crippen LogP contribution in [0.3, 0.4) is 0 Å². The molecule has 3 aromatic rings. The molecule has 0 amide bonds. The lowest BCUT2D eigenvalue weighted by atomic mass is 10.2. The van der Waals surface area contributed by atoms with Gasteiger partial charge in [0.1, 0.15) is 12.0 Å². The quantitative estimate of drug-likeness (QED) is 0.331. The third kappa shape index (κ3) is 5.47. The number of benzene rings is 3. The number of hydrogen-bond acceptors (Lipinski definition) is 5. The molecule has 0 aromatic heterocycles. The van der Waals surface area contributed by atoms with Crippen LogP contribution in [-0.2, 0) is 13.9 Å². The second kappa shape index (κ2) is 10.9. The van der Waals surface area contributed by atoms with Crippen LogP contribution in [-0.4, -0.2) is 44.8 Å². The number of carbonyl (C=O) groups is 1. The zero-order valence-corrected chi connectivity index (χ0v) is 21.8. The summed E-state index contributed by atoms with van der Waals surface area (Å²) in [7, 11) is -2.59. The molecule has 6 heteroatoms. The van der Waals surface area contributed by atoms with Crippen LogP contribution in [0.15, 0.2) is 91.0 Å². The summed E-state index contributed by atoms with van der Waals surface area (Å²) < 4.78 is 18.7. The van der Waals surface area contributed by atoms with E-state index in [1.165, 1.54) is 10.4 Å². The van der Waals surface area contributed by atoms with Crippen molar-refractivity contribution in [2.75, 3.05) is 19.0 Å². The van der Waals surface area contributed by atoms with Crippen molar-refractivity contribution in [3.8, 4) is 0 Å². The number of carbonyl (C=O) groups excluding carboxylic acids is 1. The molecular weight excluding hydrogens is 460 g/mol. The standard InChI is InChI=1S/C28H32O4SSi/c1-28(2,3)34(24-15-9-5-10-16-24,25-17-11-6-12-18-25)31-19-23-21-33-26(32-23)20-30-27(29)22-13-7-4-8-14-22/h4-18,23,26H,19-21H2,1-3H3/t23-,26-/m0/s1. The lowest BCUT2D eigenvalue weighted by molar-refractivity contribution is -0.00520. The molecule has 0 unspecified atom stereocenters. The van der Waals surface area contributed by atoms with Crippen molar-refractivity contribution in [3.63, 3.8) is 0 Å². The summed E-state index contributed by atoms with van der Waals surface area (Å²) in [6, 6.07) is 30.3. The van der Waals surface area contributed by atoms with Crippen LogP contribution < -0.4 is 10.4 Å². The Balaban J connectivity index is 1.45. The summed E-state index contributed by atoms with van der Waals surface area (Å²) >= 11 is 1.67. The molecule has 1 saturated heterocycles. The Morgan fingerprint density at radius 3 is 1.94 bits per heavy atom. The molecule has 3 aromatic carbocycles. The third-order valence-electron chi connectivity index (χ3n) is 6.07. The highest BCUT2D eigenvalue weighted by molar-refractivity contribution is 8.00. The van der Waals surface area contributed by atoms with Crippen molar-refractivity contribution in [3.05, 3.63) is 96.6 Å². The van der Waals surface area contributed by atoms with Crippen molar-refractivity contribution in [2.45, 2.75) is 37.3 Å². The topological polar surface area (TPSA) is 44.8 Å². The van der Waals surface area contributed by atoms with Gasteiger partial charge in [-0.05, 0) is 27.5 Å². The molecule has 0 spiro atoms. The molecule has 178 valence electrons. The monoisotopic (exact) mass is 492 g/mol. The predicted molar refractivity (Wildman–Crippen MR) is 141 cm³/mol. The summed E-state index contributed by atoms with van der Waals surface area (Å²) in [6.45, 7) is 7.55. The van der Waals surface area contributed by atoms with Gasteiger partial charge in [0.15, 0.2) is 0 Å². The van der Waals surface area contributed by atoms with E-state index in [4.69, 9.17) is 13.9 Å². The van der Waals surface area contributed by atoms with Gasteiger partial charge in [0.2, 0.25) is 0 Å². The van der Waals surface area contributed by atoms with E-state index >= 15 is 0 Å². The predicted octanol–water partition coefficient (Wildman–Crippen LogP) is 4.88. The second-order valence-electron chi connectivity index (χ2n) is 9.46. The molecule has 1 aliphatic rings. The van der Waals surface area contributed by atoms with Gasteiger partial charge in [-0.3, -0.25) is 0 Å². The summed E-state index contributed by atoms with van der Waals surface area (Å²) in [4.78, 5) is 12.3. The first-order valence-corrected chi connectivity index (χ1v) is 14.6. The molecule has 34 heavy (non-hydrogen) atoms. The fourth-order valence-corrected chi connectivity index (χ4v) is 10.1. The SMILES string of the molecule is CC(C)(C)[Si](OC[C@H]1CS[C@@H](COC(=O)c2ccccc2)O1)(c1ccccc1)c1ccccc1. The Bertz CT molecular complexity index is 1010. The Hall–Kier alpha value is -2.38. The van der Waals surface area contributed by atoms with E-state index in [0.717, 1.165) is 5.75 Å². The number of hydrogen-bond donors (Lipinski definition) is 0. The zero-order valence-electron chi connectivity index (χ0n) is 20.0. The molecule has 0 aliphatic carbocycles. The normalized spacial score (nSPS) is 18.6. The number of rotatable bonds is 8. The maximum atomic E-state index is 12.3. The fourth-order valence-electron chi connectivity index (χ4n) is 4.46. The number of esters is 1. The maximum absolute atomic E-state index is 12.3. The van der Waals surface area contributed by atoms with Gasteiger partial charge in [-0.1, -0.05) is 99.6 Å². The van der Waals surface area contributed by atoms with Crippen LogP contribution in [0.4, 0.5) is 0 Å². The second-order valence-corrected chi connectivity index (χ2v) is 15.0. The summed E-state index contributed by atoms with van der Waals surface area (Å²) in [5.74, 6) is 0.489. The number of thioether (sulfide) groups is 1. The summed E-state index contributed by atoms with van der Waals surface area (Å²) in [5, 5.41) is 2.44. The van der Waals surface area contributed by atoms with E-state index < -0.39 is 8.32 Å². The third-order valence-corrected chi connectivity index (χ3v) is 12.3. The van der Waals surface area contributed by atoms with Crippen LogP contribution >= 0.6 is 11.8 Å². The van der Waals surface area contributed by atoms with E-state index in [1.54, 1.807) is 23.9 Å². The van der Waals surface area contributed by atoms with Gasteiger partial charge in [0.05, 0.1) is 18.3 Å². The Kier molecular flexibility index (Phi) is 7.94. The van der Waals surface area contributed by atoms with Gasteiger partial charge in [-0.2, -0.15) is 0 Å². The van der Waals surface area contributed by atoms with Crippen LogP contribution in [0.5, 0.6) is 0 Å². The molecule has 1 aliphatic heterocycles. The highest BCUT2D eigenvalue weighted by Gasteiger charge is 2.50. The molecule has 0 bridgehead atoms. The van der Waals surface area contributed by atoms with E-state index in [-0.39, 0.29) is 29.2 Å². The highest BCUT2D eigenvalue weighted by Crippen LogP contribution is 2.37. The van der Waals surface area contributed by atoms with Gasteiger partial charge in [-0.25, -0.2) is 4.79 Å². The van der Waals surface area contributed by atoms with Gasteiger partial charge < -0.3 is 13.9 Å². The van der Waals surface area contributed by atoms with Crippen LogP contribution in [0.25, 0.3) is 0 Å². The zero-order chi connectivity index (χ0) is 24.0. The lowest BCUT2D eigenvalue weighted by Gasteiger charge is -2.43. The number of ether oxygens (including phenoxy) is 2. The Labute approximate surface area is 207 Å². The summed E-state index contributed by atoms with van der Waals surface area (Å²) in [6.07, 6.45) is -0.0490. The van der Waals surface area contributed by atoms with Gasteiger partial charge >= 0.3 is 5.97 Å². The molecule has 0 N–H and O–H groups in total. The lowest BCUT2D eigenvalue weighted by Crippen LogP contribution is -2.67. The minimum Gasteiger partial charge on any atom is -0.458 e. The van der Waals surface area contributed by atoms with Crippen molar-refractivity contribution >= 4 is 36.4 Å². The average Bonchev–Trinajstić information content (AvgIpc) is 3.32. The molecule has 1 fully saturated rings. The first kappa shape index (κ1) is 24.7. The Morgan fingerprint density at radius 2 is 1.41 bits per heavy atom. The van der Waals surface area contributed by atoms with Gasteiger partial charge in [0.25, 0.3) is 8.32 Å². The minimum atomic E-state index is -2.59. The van der Waals surface area contributed by atoms with Crippen molar-refractivity contribution < 1.29 is 18.7 Å². The van der Waals surface area contributed by atoms with Gasteiger partial charge in [-0.15, -0.1) is 11.8 Å². The average molecular weight is 493 g/mol. The molecule has 0 radical (unpaired) electrons. The largest absolute Gasteiger partial charge is 0.458 e. The molecule has 1 heterocycles. The van der Waals surface area contributed by atoms with Gasteiger partial charge in [0, 0.05) is 5.75 Å². The van der Waals surface area contributed by atoms with Crippen LogP contribution in [0, 0.1) is 0 Å². The van der Waals surface area contributed by atoms with E-state index in [0.29, 0.717) is 12.2 Å². The van der Waals surface area contributed by atoms with Crippen molar-refractivity contribution in [1.29, 1.82) is 0 Å². The molecule has 4 rings (SSSR count). The highest BCUT2D eigenvalue weighted by atomic mass is 32.2. The van der Waals surface area contributed by atoms with Crippen molar-refractivity contribution in [2.24, 2.45) is 0 Å². The van der Waals surface area contributed by atoms with Crippen molar-refractivity contribution in [1.82, 2.24) is 0 Å². The summed E-state index contributed by atoms with van der Waals surface area (Å²) in [5.41, 5.74) is 0.373. The molecule has 0 saturated carbocycles.